The molecular formula is C22H25N5O4. The van der Waals surface area contributed by atoms with Gasteiger partial charge in [-0.05, 0) is 61.1 Å². The predicted octanol–water partition coefficient (Wildman–Crippen LogP) is 1.08. The average Bonchev–Trinajstić information content (AvgIpc) is 2.78. The van der Waals surface area contributed by atoms with E-state index in [0.29, 0.717) is 36.0 Å². The lowest BCUT2D eigenvalue weighted by Gasteiger charge is -2.28. The van der Waals surface area contributed by atoms with Gasteiger partial charge in [0.2, 0.25) is 0 Å². The maximum atomic E-state index is 13.2. The van der Waals surface area contributed by atoms with E-state index in [9.17, 15) is 14.7 Å². The van der Waals surface area contributed by atoms with E-state index < -0.39 is 12.1 Å². The number of aliphatic hydroxyl groups is 1. The Morgan fingerprint density at radius 2 is 2.13 bits per heavy atom. The lowest BCUT2D eigenvalue weighted by atomic mass is 9.95. The quantitative estimate of drug-likeness (QED) is 0.644. The summed E-state index contributed by atoms with van der Waals surface area (Å²) in [6, 6.07) is 4.94. The largest absolute Gasteiger partial charge is 0.388 e. The zero-order valence-electron chi connectivity index (χ0n) is 17.8. The number of fused-ring (bicyclic) bond motifs is 1. The van der Waals surface area contributed by atoms with Gasteiger partial charge in [-0.3, -0.25) is 14.6 Å². The fourth-order valence-corrected chi connectivity index (χ4v) is 3.93. The topological polar surface area (TPSA) is 119 Å². The van der Waals surface area contributed by atoms with Gasteiger partial charge in [-0.1, -0.05) is 11.3 Å². The van der Waals surface area contributed by atoms with Crippen molar-refractivity contribution >= 4 is 16.8 Å². The molecule has 2 aromatic heterocycles. The van der Waals surface area contributed by atoms with Crippen LogP contribution in [0.15, 0.2) is 29.2 Å². The van der Waals surface area contributed by atoms with Gasteiger partial charge >= 0.3 is 0 Å². The van der Waals surface area contributed by atoms with Crippen molar-refractivity contribution in [1.29, 1.82) is 0 Å². The molecule has 0 saturated carbocycles. The minimum atomic E-state index is -0.797. The summed E-state index contributed by atoms with van der Waals surface area (Å²) >= 11 is 0. The van der Waals surface area contributed by atoms with Crippen molar-refractivity contribution in [3.8, 4) is 0 Å². The van der Waals surface area contributed by atoms with Crippen molar-refractivity contribution in [2.75, 3.05) is 20.3 Å². The minimum Gasteiger partial charge on any atom is -0.388 e. The molecule has 1 aliphatic heterocycles. The average molecular weight is 423 g/mol. The molecule has 3 heterocycles. The van der Waals surface area contributed by atoms with E-state index in [0.717, 1.165) is 22.3 Å². The van der Waals surface area contributed by atoms with Gasteiger partial charge in [0.25, 0.3) is 11.5 Å². The van der Waals surface area contributed by atoms with Crippen LogP contribution in [0.4, 0.5) is 0 Å². The van der Waals surface area contributed by atoms with Gasteiger partial charge in [0.05, 0.1) is 24.1 Å². The van der Waals surface area contributed by atoms with Gasteiger partial charge < -0.3 is 15.2 Å². The molecule has 2 atom stereocenters. The fourth-order valence-electron chi connectivity index (χ4n) is 3.93. The first-order valence-corrected chi connectivity index (χ1v) is 10.2. The molecule has 9 heteroatoms. The first kappa shape index (κ1) is 21.1. The fraction of sp³-hybridized carbons (Fsp3) is 0.409. The van der Waals surface area contributed by atoms with Crippen LogP contribution in [0.2, 0.25) is 0 Å². The lowest BCUT2D eigenvalue weighted by molar-refractivity contribution is -0.0434. The monoisotopic (exact) mass is 423 g/mol. The maximum absolute atomic E-state index is 13.2. The number of carbonyl (C=O) groups excluding carboxylic acids is 1. The van der Waals surface area contributed by atoms with Crippen LogP contribution in [-0.2, 0) is 11.2 Å². The third-order valence-corrected chi connectivity index (χ3v) is 5.94. The Balaban J connectivity index is 1.74. The van der Waals surface area contributed by atoms with Crippen LogP contribution in [0.3, 0.4) is 0 Å². The summed E-state index contributed by atoms with van der Waals surface area (Å²) in [5, 5.41) is 21.7. The summed E-state index contributed by atoms with van der Waals surface area (Å²) in [5.41, 5.74) is 4.48. The van der Waals surface area contributed by atoms with Crippen LogP contribution in [0.25, 0.3) is 10.9 Å². The molecule has 162 valence electrons. The van der Waals surface area contributed by atoms with Gasteiger partial charge in [0.15, 0.2) is 0 Å². The van der Waals surface area contributed by atoms with E-state index in [1.54, 1.807) is 19.3 Å². The van der Waals surface area contributed by atoms with E-state index in [2.05, 4.69) is 20.6 Å². The molecule has 1 aromatic carbocycles. The predicted molar refractivity (Wildman–Crippen MR) is 114 cm³/mol. The summed E-state index contributed by atoms with van der Waals surface area (Å²) < 4.78 is 6.55. The number of aliphatic hydroxyl groups excluding tert-OH is 1. The molecular weight excluding hydrogens is 398 g/mol. The molecule has 9 nitrogen and oxygen atoms in total. The van der Waals surface area contributed by atoms with Crippen LogP contribution >= 0.6 is 0 Å². The van der Waals surface area contributed by atoms with Crippen LogP contribution in [-0.4, -0.2) is 57.4 Å². The van der Waals surface area contributed by atoms with Gasteiger partial charge in [-0.2, -0.15) is 0 Å². The molecule has 0 unspecified atom stereocenters. The summed E-state index contributed by atoms with van der Waals surface area (Å²) in [4.78, 5) is 29.2. The number of hydrogen-bond donors (Lipinski definition) is 2. The smallest absolute Gasteiger partial charge is 0.277 e. The van der Waals surface area contributed by atoms with Gasteiger partial charge in [-0.25, -0.2) is 4.68 Å². The summed E-state index contributed by atoms with van der Waals surface area (Å²) in [6.45, 7) is 4.56. The second-order valence-electron chi connectivity index (χ2n) is 7.83. The molecule has 2 N–H and O–H groups in total. The Kier molecular flexibility index (Phi) is 5.79. The molecule has 0 spiro atoms. The Labute approximate surface area is 179 Å². The van der Waals surface area contributed by atoms with Crippen molar-refractivity contribution in [2.24, 2.45) is 0 Å². The van der Waals surface area contributed by atoms with Gasteiger partial charge in [0, 0.05) is 19.9 Å². The van der Waals surface area contributed by atoms with Crippen LogP contribution in [0.1, 0.15) is 45.2 Å². The highest BCUT2D eigenvalue weighted by Crippen LogP contribution is 2.25. The molecule has 1 aliphatic rings. The molecule has 3 aromatic rings. The third-order valence-electron chi connectivity index (χ3n) is 5.94. The first-order chi connectivity index (χ1) is 14.9. The standard InChI is InChI=1S/C22H25N5O4/c1-12-13(2)20-16(22(30)27(26-25-20)18-6-7-31-11-19(18)28)9-15(12)8-14-4-5-17(24-10-14)21(29)23-3/h4-5,9-10,18-19,28H,6-8,11H2,1-3H3,(H,23,29)/t18-,19-/m0/s1. The first-order valence-electron chi connectivity index (χ1n) is 10.2. The summed E-state index contributed by atoms with van der Waals surface area (Å²) in [5.74, 6) is -0.237. The van der Waals surface area contributed by atoms with Crippen molar-refractivity contribution < 1.29 is 14.6 Å². The molecule has 0 bridgehead atoms. The summed E-state index contributed by atoms with van der Waals surface area (Å²) in [7, 11) is 1.56. The molecule has 0 radical (unpaired) electrons. The van der Waals surface area contributed by atoms with E-state index >= 15 is 0 Å². The molecule has 1 fully saturated rings. The SMILES string of the molecule is CNC(=O)c1ccc(Cc2cc3c(=O)n([C@H]4CCOC[C@@H]4O)nnc3c(C)c2C)cn1. The molecule has 4 rings (SSSR count). The number of pyridine rings is 1. The van der Waals surface area contributed by atoms with Crippen molar-refractivity contribution in [1.82, 2.24) is 25.3 Å². The van der Waals surface area contributed by atoms with Crippen LogP contribution in [0.5, 0.6) is 0 Å². The second-order valence-corrected chi connectivity index (χ2v) is 7.83. The van der Waals surface area contributed by atoms with Gasteiger partial charge in [-0.15, -0.1) is 5.10 Å². The third kappa shape index (κ3) is 3.94. The number of aryl methyl sites for hydroxylation is 1. The Bertz CT molecular complexity index is 1190. The lowest BCUT2D eigenvalue weighted by Crippen LogP contribution is -2.40. The molecule has 0 aliphatic carbocycles. The number of nitrogens with one attached hydrogen (secondary N) is 1. The molecule has 31 heavy (non-hydrogen) atoms. The number of aromatic nitrogens is 4. The van der Waals surface area contributed by atoms with Crippen molar-refractivity contribution in [3.05, 3.63) is 62.7 Å². The zero-order chi connectivity index (χ0) is 22.1. The van der Waals surface area contributed by atoms with E-state index in [-0.39, 0.29) is 18.1 Å². The van der Waals surface area contributed by atoms with Crippen molar-refractivity contribution in [3.63, 3.8) is 0 Å². The number of carbonyl (C=O) groups is 1. The molecule has 1 saturated heterocycles. The Morgan fingerprint density at radius 1 is 1.32 bits per heavy atom. The van der Waals surface area contributed by atoms with Crippen LogP contribution in [0, 0.1) is 13.8 Å². The van der Waals surface area contributed by atoms with Gasteiger partial charge in [0.1, 0.15) is 11.2 Å². The highest BCUT2D eigenvalue weighted by atomic mass is 16.5. The minimum absolute atomic E-state index is 0.175. The Morgan fingerprint density at radius 3 is 2.81 bits per heavy atom. The summed E-state index contributed by atoms with van der Waals surface area (Å²) in [6.07, 6.45) is 1.94. The van der Waals surface area contributed by atoms with E-state index in [1.165, 1.54) is 4.68 Å². The second kappa shape index (κ2) is 8.52. The van der Waals surface area contributed by atoms with Crippen molar-refractivity contribution in [2.45, 2.75) is 38.8 Å². The number of rotatable bonds is 4. The van der Waals surface area contributed by atoms with E-state index in [4.69, 9.17) is 4.74 Å². The number of benzene rings is 1. The maximum Gasteiger partial charge on any atom is 0.277 e. The number of nitrogens with zero attached hydrogens (tertiary/aromatic N) is 4. The highest BCUT2D eigenvalue weighted by molar-refractivity contribution is 5.91. The Hall–Kier alpha value is -3.17. The van der Waals surface area contributed by atoms with E-state index in [1.807, 2.05) is 26.0 Å². The molecule has 1 amide bonds. The number of ether oxygens (including phenoxy) is 1. The zero-order valence-corrected chi connectivity index (χ0v) is 17.8. The normalized spacial score (nSPS) is 18.8. The number of hydrogen-bond acceptors (Lipinski definition) is 7. The van der Waals surface area contributed by atoms with Crippen LogP contribution < -0.4 is 10.9 Å². The number of amides is 1. The highest BCUT2D eigenvalue weighted by Gasteiger charge is 2.28.